The first-order valence-corrected chi connectivity index (χ1v) is 10.0. The summed E-state index contributed by atoms with van der Waals surface area (Å²) in [5.74, 6) is 0.857. The summed E-state index contributed by atoms with van der Waals surface area (Å²) in [5.41, 5.74) is 4.81. The van der Waals surface area contributed by atoms with Crippen LogP contribution in [-0.4, -0.2) is 50.5 Å². The van der Waals surface area contributed by atoms with Gasteiger partial charge in [-0.3, -0.25) is 0 Å². The lowest BCUT2D eigenvalue weighted by Gasteiger charge is -2.35. The van der Waals surface area contributed by atoms with Crippen LogP contribution in [0.15, 0.2) is 36.4 Å². The summed E-state index contributed by atoms with van der Waals surface area (Å²) in [7, 11) is 0. The van der Waals surface area contributed by atoms with Crippen molar-refractivity contribution in [3.63, 3.8) is 0 Å². The van der Waals surface area contributed by atoms with Crippen LogP contribution in [0.2, 0.25) is 5.02 Å². The van der Waals surface area contributed by atoms with Gasteiger partial charge >= 0.3 is 0 Å². The number of benzene rings is 2. The SMILES string of the molecule is Cc1ccc(OC[C@@H](O)C[NH+]2CCN(c3cc(Cl)ccc3C)CC2)c(C)c1. The van der Waals surface area contributed by atoms with Gasteiger partial charge in [-0.2, -0.15) is 0 Å². The number of aliphatic hydroxyl groups is 1. The number of rotatable bonds is 6. The van der Waals surface area contributed by atoms with E-state index < -0.39 is 6.10 Å². The van der Waals surface area contributed by atoms with Crippen molar-refractivity contribution in [1.82, 2.24) is 0 Å². The highest BCUT2D eigenvalue weighted by molar-refractivity contribution is 6.30. The van der Waals surface area contributed by atoms with Crippen LogP contribution < -0.4 is 14.5 Å². The van der Waals surface area contributed by atoms with Crippen LogP contribution in [-0.2, 0) is 0 Å². The van der Waals surface area contributed by atoms with Crippen molar-refractivity contribution in [2.75, 3.05) is 44.2 Å². The Morgan fingerprint density at radius 1 is 1.07 bits per heavy atom. The number of aryl methyl sites for hydroxylation is 3. The second-order valence-corrected chi connectivity index (χ2v) is 8.04. The molecule has 0 amide bonds. The molecule has 0 radical (unpaired) electrons. The predicted octanol–water partition coefficient (Wildman–Crippen LogP) is 2.41. The second-order valence-electron chi connectivity index (χ2n) is 7.61. The molecule has 0 aliphatic carbocycles. The highest BCUT2D eigenvalue weighted by atomic mass is 35.5. The standard InChI is InChI=1S/C22H29ClN2O2/c1-16-4-7-22(18(3)12-16)27-15-20(26)14-24-8-10-25(11-9-24)21-13-19(23)6-5-17(21)2/h4-7,12-13,20,26H,8-11,14-15H2,1-3H3/p+1/t20-/m0/s1. The molecule has 1 atom stereocenters. The van der Waals surface area contributed by atoms with E-state index in [0.717, 1.165) is 42.5 Å². The number of nitrogens with one attached hydrogen (secondary N) is 1. The number of nitrogens with zero attached hydrogens (tertiary/aromatic N) is 1. The molecule has 2 aromatic carbocycles. The summed E-state index contributed by atoms with van der Waals surface area (Å²) in [4.78, 5) is 3.81. The molecule has 4 nitrogen and oxygen atoms in total. The molecule has 3 rings (SSSR count). The number of quaternary nitrogens is 1. The van der Waals surface area contributed by atoms with E-state index in [1.54, 1.807) is 0 Å². The topological polar surface area (TPSA) is 37.1 Å². The minimum atomic E-state index is -0.458. The third kappa shape index (κ3) is 5.38. The second kappa shape index (κ2) is 8.96. The van der Waals surface area contributed by atoms with Crippen LogP contribution in [0.25, 0.3) is 0 Å². The molecule has 1 fully saturated rings. The Morgan fingerprint density at radius 3 is 2.52 bits per heavy atom. The molecule has 1 aliphatic heterocycles. The fourth-order valence-corrected chi connectivity index (χ4v) is 3.90. The fourth-order valence-electron chi connectivity index (χ4n) is 3.73. The molecule has 2 N–H and O–H groups in total. The third-order valence-electron chi connectivity index (χ3n) is 5.27. The number of hydrogen-bond donors (Lipinski definition) is 2. The van der Waals surface area contributed by atoms with Gasteiger partial charge in [0.05, 0.1) is 26.2 Å². The lowest BCUT2D eigenvalue weighted by atomic mass is 10.1. The summed E-state index contributed by atoms with van der Waals surface area (Å²) in [6.45, 7) is 11.2. The summed E-state index contributed by atoms with van der Waals surface area (Å²) < 4.78 is 5.83. The van der Waals surface area contributed by atoms with E-state index in [4.69, 9.17) is 16.3 Å². The molecule has 0 aromatic heterocycles. The molecule has 1 heterocycles. The minimum absolute atomic E-state index is 0.338. The normalized spacial score (nSPS) is 16.4. The van der Waals surface area contributed by atoms with Gasteiger partial charge < -0.3 is 19.6 Å². The first-order chi connectivity index (χ1) is 12.9. The van der Waals surface area contributed by atoms with Crippen LogP contribution >= 0.6 is 11.6 Å². The van der Waals surface area contributed by atoms with Gasteiger partial charge in [0.15, 0.2) is 0 Å². The summed E-state index contributed by atoms with van der Waals surface area (Å²) in [6, 6.07) is 12.2. The molecule has 1 aliphatic rings. The molecule has 27 heavy (non-hydrogen) atoms. The summed E-state index contributed by atoms with van der Waals surface area (Å²) in [6.07, 6.45) is -0.458. The number of aliphatic hydroxyl groups excluding tert-OH is 1. The Labute approximate surface area is 167 Å². The maximum Gasteiger partial charge on any atom is 0.137 e. The van der Waals surface area contributed by atoms with Gasteiger partial charge in [0.1, 0.15) is 25.0 Å². The fraction of sp³-hybridized carbons (Fsp3) is 0.455. The first-order valence-electron chi connectivity index (χ1n) is 9.65. The summed E-state index contributed by atoms with van der Waals surface area (Å²) >= 11 is 6.16. The zero-order valence-electron chi connectivity index (χ0n) is 16.5. The quantitative estimate of drug-likeness (QED) is 0.796. The minimum Gasteiger partial charge on any atom is -0.490 e. The van der Waals surface area contributed by atoms with Crippen LogP contribution in [0.1, 0.15) is 16.7 Å². The van der Waals surface area contributed by atoms with Gasteiger partial charge in [-0.15, -0.1) is 0 Å². The van der Waals surface area contributed by atoms with Crippen molar-refractivity contribution >= 4 is 17.3 Å². The number of ether oxygens (including phenoxy) is 1. The molecule has 0 bridgehead atoms. The number of anilines is 1. The first kappa shape index (κ1) is 20.0. The average Bonchev–Trinajstić information content (AvgIpc) is 2.64. The molecule has 0 unspecified atom stereocenters. The zero-order valence-corrected chi connectivity index (χ0v) is 17.2. The van der Waals surface area contributed by atoms with Gasteiger partial charge in [0, 0.05) is 10.7 Å². The highest BCUT2D eigenvalue weighted by Crippen LogP contribution is 2.24. The lowest BCUT2D eigenvalue weighted by Crippen LogP contribution is -3.16. The molecule has 0 saturated carbocycles. The van der Waals surface area contributed by atoms with Gasteiger partial charge in [-0.05, 0) is 50.1 Å². The van der Waals surface area contributed by atoms with E-state index in [1.807, 2.05) is 25.1 Å². The van der Waals surface area contributed by atoms with E-state index in [0.29, 0.717) is 13.2 Å². The number of piperazine rings is 1. The third-order valence-corrected chi connectivity index (χ3v) is 5.50. The monoisotopic (exact) mass is 389 g/mol. The molecular weight excluding hydrogens is 360 g/mol. The number of halogens is 1. The van der Waals surface area contributed by atoms with Gasteiger partial charge in [0.25, 0.3) is 0 Å². The van der Waals surface area contributed by atoms with Crippen molar-refractivity contribution < 1.29 is 14.7 Å². The predicted molar refractivity (Wildman–Crippen MR) is 111 cm³/mol. The average molecular weight is 390 g/mol. The largest absolute Gasteiger partial charge is 0.490 e. The van der Waals surface area contributed by atoms with Crippen molar-refractivity contribution in [3.8, 4) is 5.75 Å². The molecule has 5 heteroatoms. The maximum absolute atomic E-state index is 10.4. The van der Waals surface area contributed by atoms with Crippen molar-refractivity contribution in [2.24, 2.45) is 0 Å². The lowest BCUT2D eigenvalue weighted by molar-refractivity contribution is -0.903. The van der Waals surface area contributed by atoms with Gasteiger partial charge in [-0.1, -0.05) is 35.4 Å². The Kier molecular flexibility index (Phi) is 6.64. The van der Waals surface area contributed by atoms with E-state index in [-0.39, 0.29) is 0 Å². The van der Waals surface area contributed by atoms with Crippen molar-refractivity contribution in [3.05, 3.63) is 58.1 Å². The van der Waals surface area contributed by atoms with Crippen molar-refractivity contribution in [2.45, 2.75) is 26.9 Å². The highest BCUT2D eigenvalue weighted by Gasteiger charge is 2.23. The molecular formula is C22H30ClN2O2+. The Morgan fingerprint density at radius 2 is 1.81 bits per heavy atom. The van der Waals surface area contributed by atoms with E-state index in [1.165, 1.54) is 21.7 Å². The van der Waals surface area contributed by atoms with Gasteiger partial charge in [0.2, 0.25) is 0 Å². The zero-order chi connectivity index (χ0) is 19.4. The Hall–Kier alpha value is -1.75. The number of hydrogen-bond acceptors (Lipinski definition) is 3. The van der Waals surface area contributed by atoms with Crippen LogP contribution in [0.3, 0.4) is 0 Å². The van der Waals surface area contributed by atoms with Crippen LogP contribution in [0, 0.1) is 20.8 Å². The summed E-state index contributed by atoms with van der Waals surface area (Å²) in [5, 5.41) is 11.2. The molecule has 146 valence electrons. The van der Waals surface area contributed by atoms with Crippen LogP contribution in [0.4, 0.5) is 5.69 Å². The van der Waals surface area contributed by atoms with E-state index in [9.17, 15) is 5.11 Å². The molecule has 0 spiro atoms. The van der Waals surface area contributed by atoms with E-state index >= 15 is 0 Å². The van der Waals surface area contributed by atoms with E-state index in [2.05, 4.69) is 36.9 Å². The smallest absolute Gasteiger partial charge is 0.137 e. The maximum atomic E-state index is 10.4. The Balaban J connectivity index is 1.46. The molecule has 2 aromatic rings. The van der Waals surface area contributed by atoms with Crippen LogP contribution in [0.5, 0.6) is 5.75 Å². The Bertz CT molecular complexity index is 773. The molecule has 1 saturated heterocycles. The van der Waals surface area contributed by atoms with Gasteiger partial charge in [-0.25, -0.2) is 0 Å². The van der Waals surface area contributed by atoms with Crippen molar-refractivity contribution in [1.29, 1.82) is 0 Å².